The number of fused-ring (bicyclic) bond motifs is 2. The first-order valence-electron chi connectivity index (χ1n) is 16.8. The van der Waals surface area contributed by atoms with Gasteiger partial charge in [0.2, 0.25) is 10.0 Å². The Labute approximate surface area is 296 Å². The summed E-state index contributed by atoms with van der Waals surface area (Å²) in [5, 5.41) is 10.5. The van der Waals surface area contributed by atoms with Crippen molar-refractivity contribution in [1.29, 1.82) is 0 Å². The average Bonchev–Trinajstić information content (AvgIpc) is 3.59. The van der Waals surface area contributed by atoms with Crippen molar-refractivity contribution in [3.05, 3.63) is 174 Å². The van der Waals surface area contributed by atoms with E-state index in [2.05, 4.69) is 37.5 Å². The summed E-state index contributed by atoms with van der Waals surface area (Å²) in [6, 6.07) is 42.6. The molecule has 0 spiro atoms. The van der Waals surface area contributed by atoms with Crippen LogP contribution in [-0.4, -0.2) is 34.2 Å². The van der Waals surface area contributed by atoms with Gasteiger partial charge in [0.15, 0.2) is 6.29 Å². The molecule has 9 nitrogen and oxygen atoms in total. The molecule has 5 aromatic carbocycles. The third-order valence-corrected chi connectivity index (χ3v) is 10.9. The Balaban J connectivity index is 1.10. The fourth-order valence-corrected chi connectivity index (χ4v) is 8.05. The molecule has 0 amide bonds. The molecule has 7 aromatic rings. The highest BCUT2D eigenvalue weighted by Gasteiger charge is 2.42. The molecule has 3 heterocycles. The zero-order valence-corrected chi connectivity index (χ0v) is 28.4. The topological polar surface area (TPSA) is 116 Å². The van der Waals surface area contributed by atoms with Gasteiger partial charge in [-0.05, 0) is 46.5 Å². The molecule has 1 aliphatic heterocycles. The summed E-state index contributed by atoms with van der Waals surface area (Å²) >= 11 is 0. The molecule has 4 atom stereocenters. The molecule has 8 rings (SSSR count). The third kappa shape index (κ3) is 6.80. The standard InChI is InChI=1S/C41H36N4O5S/c46-26-29-17-19-32(20-18-29)40-38(30-8-2-1-3-9-30)36(25-45-27-43-34-12-4-5-13-35(34)45)49-41(50-40)33-21-15-28(16-22-33)24-44-51(47,48)37-14-6-10-31-11-7-23-42-39(31)37/h1-23,27,36,38,40-41,44,46H,24-26H2/t36-,38-,40+,41?/m1/s1. The second-order valence-electron chi connectivity index (χ2n) is 12.7. The van der Waals surface area contributed by atoms with Crippen LogP contribution < -0.4 is 4.72 Å². The molecule has 0 aliphatic carbocycles. The van der Waals surface area contributed by atoms with Crippen molar-refractivity contribution in [2.75, 3.05) is 0 Å². The fraction of sp³-hybridized carbons (Fsp3) is 0.171. The smallest absolute Gasteiger partial charge is 0.243 e. The first-order chi connectivity index (χ1) is 25.0. The van der Waals surface area contributed by atoms with Crippen molar-refractivity contribution in [3.8, 4) is 0 Å². The largest absolute Gasteiger partial charge is 0.392 e. The first-order valence-corrected chi connectivity index (χ1v) is 18.3. The van der Waals surface area contributed by atoms with Crippen molar-refractivity contribution in [1.82, 2.24) is 19.3 Å². The highest BCUT2D eigenvalue weighted by atomic mass is 32.2. The Bertz CT molecular complexity index is 2380. The number of pyridine rings is 1. The molecule has 0 radical (unpaired) electrons. The Morgan fingerprint density at radius 3 is 2.24 bits per heavy atom. The number of imidazole rings is 1. The van der Waals surface area contributed by atoms with Gasteiger partial charge < -0.3 is 19.1 Å². The van der Waals surface area contributed by atoms with Gasteiger partial charge in [0.1, 0.15) is 4.90 Å². The predicted octanol–water partition coefficient (Wildman–Crippen LogP) is 7.19. The van der Waals surface area contributed by atoms with Crippen molar-refractivity contribution < 1.29 is 23.0 Å². The van der Waals surface area contributed by atoms with Gasteiger partial charge in [0, 0.05) is 29.6 Å². The summed E-state index contributed by atoms with van der Waals surface area (Å²) in [5.74, 6) is -0.166. The van der Waals surface area contributed by atoms with Crippen LogP contribution in [0.25, 0.3) is 21.9 Å². The van der Waals surface area contributed by atoms with Crippen LogP contribution in [0.5, 0.6) is 0 Å². The normalized spacial score (nSPS) is 19.4. The lowest BCUT2D eigenvalue weighted by molar-refractivity contribution is -0.263. The monoisotopic (exact) mass is 696 g/mol. The van der Waals surface area contributed by atoms with Gasteiger partial charge >= 0.3 is 0 Å². The second-order valence-corrected chi connectivity index (χ2v) is 14.4. The van der Waals surface area contributed by atoms with Gasteiger partial charge in [-0.25, -0.2) is 18.1 Å². The van der Waals surface area contributed by atoms with Crippen molar-refractivity contribution in [3.63, 3.8) is 0 Å². The maximum Gasteiger partial charge on any atom is 0.243 e. The van der Waals surface area contributed by atoms with E-state index in [1.807, 2.05) is 103 Å². The summed E-state index contributed by atoms with van der Waals surface area (Å²) in [6.45, 7) is 0.593. The van der Waals surface area contributed by atoms with Gasteiger partial charge in [-0.3, -0.25) is 4.98 Å². The number of hydrogen-bond acceptors (Lipinski definition) is 7. The lowest BCUT2D eigenvalue weighted by atomic mass is 9.83. The highest BCUT2D eigenvalue weighted by Crippen LogP contribution is 2.47. The number of hydrogen-bond donors (Lipinski definition) is 2. The van der Waals surface area contributed by atoms with E-state index in [1.165, 1.54) is 0 Å². The Morgan fingerprint density at radius 1 is 0.706 bits per heavy atom. The van der Waals surface area contributed by atoms with Gasteiger partial charge in [-0.1, -0.05) is 109 Å². The van der Waals surface area contributed by atoms with Crippen LogP contribution in [0, 0.1) is 0 Å². The molecule has 1 aliphatic rings. The Hall–Kier alpha value is -5.23. The summed E-state index contributed by atoms with van der Waals surface area (Å²) < 4.78 is 45.3. The molecule has 1 saturated heterocycles. The summed E-state index contributed by atoms with van der Waals surface area (Å²) in [5.41, 5.74) is 6.84. The number of para-hydroxylation sites is 3. The van der Waals surface area contributed by atoms with E-state index in [-0.39, 0.29) is 36.2 Å². The number of benzene rings is 5. The molecule has 1 fully saturated rings. The SMILES string of the molecule is O=S(=O)(NCc1ccc(C2O[C@H](Cn3cnc4ccccc43)[C@@H](c3ccccc3)[C@H](c3ccc(CO)cc3)O2)cc1)c1cccc2cccnc12. The zero-order valence-electron chi connectivity index (χ0n) is 27.6. The molecule has 2 aromatic heterocycles. The molecule has 10 heteroatoms. The van der Waals surface area contributed by atoms with E-state index < -0.39 is 16.3 Å². The quantitative estimate of drug-likeness (QED) is 0.156. The van der Waals surface area contributed by atoms with Crippen molar-refractivity contribution in [2.45, 2.75) is 49.0 Å². The van der Waals surface area contributed by atoms with E-state index >= 15 is 0 Å². The van der Waals surface area contributed by atoms with Crippen LogP contribution in [-0.2, 0) is 39.2 Å². The molecule has 1 unspecified atom stereocenters. The minimum Gasteiger partial charge on any atom is -0.392 e. The lowest BCUT2D eigenvalue weighted by Gasteiger charge is -2.43. The molecule has 2 N–H and O–H groups in total. The van der Waals surface area contributed by atoms with Crippen LogP contribution >= 0.6 is 0 Å². The fourth-order valence-electron chi connectivity index (χ4n) is 6.86. The number of aromatic nitrogens is 3. The number of aliphatic hydroxyl groups is 1. The number of ether oxygens (including phenoxy) is 2. The molecular formula is C41H36N4O5S. The minimum atomic E-state index is -3.82. The molecule has 256 valence electrons. The van der Waals surface area contributed by atoms with E-state index in [0.717, 1.165) is 44.2 Å². The van der Waals surface area contributed by atoms with Gasteiger partial charge in [-0.2, -0.15) is 0 Å². The average molecular weight is 697 g/mol. The number of nitrogens with one attached hydrogen (secondary N) is 1. The third-order valence-electron chi connectivity index (χ3n) is 9.48. The van der Waals surface area contributed by atoms with Gasteiger partial charge in [0.25, 0.3) is 0 Å². The van der Waals surface area contributed by atoms with E-state index in [1.54, 1.807) is 24.4 Å². The first kappa shape index (κ1) is 32.9. The maximum absolute atomic E-state index is 13.3. The van der Waals surface area contributed by atoms with E-state index in [9.17, 15) is 13.5 Å². The van der Waals surface area contributed by atoms with Crippen LogP contribution in [0.4, 0.5) is 0 Å². The van der Waals surface area contributed by atoms with E-state index in [0.29, 0.717) is 12.1 Å². The van der Waals surface area contributed by atoms with Gasteiger partial charge in [-0.15, -0.1) is 0 Å². The van der Waals surface area contributed by atoms with Crippen LogP contribution in [0.1, 0.15) is 46.1 Å². The van der Waals surface area contributed by atoms with Crippen LogP contribution in [0.3, 0.4) is 0 Å². The Morgan fingerprint density at radius 2 is 1.43 bits per heavy atom. The van der Waals surface area contributed by atoms with Crippen molar-refractivity contribution in [2.24, 2.45) is 0 Å². The van der Waals surface area contributed by atoms with Crippen LogP contribution in [0.15, 0.2) is 151 Å². The molecule has 0 saturated carbocycles. The maximum atomic E-state index is 13.3. The predicted molar refractivity (Wildman–Crippen MR) is 195 cm³/mol. The Kier molecular flexibility index (Phi) is 9.16. The van der Waals surface area contributed by atoms with Crippen molar-refractivity contribution >= 4 is 32.0 Å². The summed E-state index contributed by atoms with van der Waals surface area (Å²) in [6.07, 6.45) is 2.05. The minimum absolute atomic E-state index is 0.0443. The molecule has 51 heavy (non-hydrogen) atoms. The van der Waals surface area contributed by atoms with E-state index in [4.69, 9.17) is 9.47 Å². The number of aliphatic hydroxyl groups excluding tert-OH is 1. The second kappa shape index (κ2) is 14.2. The number of rotatable bonds is 10. The zero-order chi connectivity index (χ0) is 34.8. The summed E-state index contributed by atoms with van der Waals surface area (Å²) in [4.78, 5) is 9.08. The molecular weight excluding hydrogens is 661 g/mol. The highest BCUT2D eigenvalue weighted by molar-refractivity contribution is 7.89. The molecule has 0 bridgehead atoms. The summed E-state index contributed by atoms with van der Waals surface area (Å²) in [7, 11) is -3.82. The van der Waals surface area contributed by atoms with Crippen LogP contribution in [0.2, 0.25) is 0 Å². The lowest BCUT2D eigenvalue weighted by Crippen LogP contribution is -2.39. The van der Waals surface area contributed by atoms with Gasteiger partial charge in [0.05, 0.1) is 48.2 Å². The number of nitrogens with zero attached hydrogens (tertiary/aromatic N) is 3. The number of sulfonamides is 1.